The molecule has 1 N–H and O–H groups in total. The number of aliphatic hydroxyl groups is 1. The van der Waals surface area contributed by atoms with E-state index in [4.69, 9.17) is 14.6 Å². The Hall–Kier alpha value is -0.160. The molecule has 0 radical (unpaired) electrons. The average Bonchev–Trinajstić information content (AvgIpc) is 2.02. The maximum absolute atomic E-state index is 9.07. The summed E-state index contributed by atoms with van der Waals surface area (Å²) in [7, 11) is 0. The second kappa shape index (κ2) is 5.54. The summed E-state index contributed by atoms with van der Waals surface area (Å²) in [5.41, 5.74) is 0. The van der Waals surface area contributed by atoms with E-state index >= 15 is 0 Å². The van der Waals surface area contributed by atoms with Gasteiger partial charge in [-0.3, -0.25) is 4.90 Å². The van der Waals surface area contributed by atoms with Crippen molar-refractivity contribution < 1.29 is 14.6 Å². The summed E-state index contributed by atoms with van der Waals surface area (Å²) in [6.45, 7) is 7.50. The van der Waals surface area contributed by atoms with Crippen LogP contribution in [0.5, 0.6) is 0 Å². The molecule has 4 nitrogen and oxygen atoms in total. The Morgan fingerprint density at radius 1 is 1.31 bits per heavy atom. The van der Waals surface area contributed by atoms with E-state index in [0.717, 1.165) is 19.6 Å². The first kappa shape index (κ1) is 10.9. The maximum Gasteiger partial charge on any atom is 0.170 e. The second-order valence-corrected chi connectivity index (χ2v) is 3.21. The summed E-state index contributed by atoms with van der Waals surface area (Å²) in [5.74, 6) is 0. The van der Waals surface area contributed by atoms with E-state index < -0.39 is 0 Å². The molecule has 0 amide bonds. The molecule has 1 heterocycles. The molecule has 0 atom stereocenters. The van der Waals surface area contributed by atoms with Gasteiger partial charge < -0.3 is 14.6 Å². The summed E-state index contributed by atoms with van der Waals surface area (Å²) in [6, 6.07) is 0. The van der Waals surface area contributed by atoms with Crippen LogP contribution in [0.25, 0.3) is 0 Å². The lowest BCUT2D eigenvalue weighted by molar-refractivity contribution is -0.160. The molecule has 1 aliphatic rings. The van der Waals surface area contributed by atoms with Crippen molar-refractivity contribution in [3.8, 4) is 0 Å². The van der Waals surface area contributed by atoms with Gasteiger partial charge in [0.2, 0.25) is 0 Å². The second-order valence-electron chi connectivity index (χ2n) is 3.21. The van der Waals surface area contributed by atoms with Crippen molar-refractivity contribution in [2.75, 3.05) is 32.8 Å². The fourth-order valence-electron chi connectivity index (χ4n) is 1.43. The van der Waals surface area contributed by atoms with Crippen LogP contribution in [0.2, 0.25) is 0 Å². The van der Waals surface area contributed by atoms with Crippen LogP contribution in [0.1, 0.15) is 13.8 Å². The van der Waals surface area contributed by atoms with Crippen molar-refractivity contribution >= 4 is 0 Å². The first-order valence-corrected chi connectivity index (χ1v) is 4.89. The Kier molecular flexibility index (Phi) is 4.66. The van der Waals surface area contributed by atoms with Gasteiger partial charge in [0.1, 0.15) is 0 Å². The van der Waals surface area contributed by atoms with Crippen molar-refractivity contribution in [3.05, 3.63) is 0 Å². The van der Waals surface area contributed by atoms with Crippen LogP contribution >= 0.6 is 0 Å². The zero-order valence-electron chi connectivity index (χ0n) is 8.40. The van der Waals surface area contributed by atoms with Crippen molar-refractivity contribution in [3.63, 3.8) is 0 Å². The Labute approximate surface area is 79.4 Å². The van der Waals surface area contributed by atoms with Crippen LogP contribution < -0.4 is 0 Å². The number of likely N-dealkylation sites (tertiary alicyclic amines) is 1. The number of β-amino-alcohol motifs (C(OH)–C–C–N with tert-alkyl or cyclic N) is 1. The molecule has 1 fully saturated rings. The Balaban J connectivity index is 2.14. The third-order valence-corrected chi connectivity index (χ3v) is 2.05. The van der Waals surface area contributed by atoms with Gasteiger partial charge in [-0.25, -0.2) is 0 Å². The van der Waals surface area contributed by atoms with Gasteiger partial charge in [-0.1, -0.05) is 0 Å². The van der Waals surface area contributed by atoms with Gasteiger partial charge in [-0.15, -0.1) is 0 Å². The van der Waals surface area contributed by atoms with Gasteiger partial charge >= 0.3 is 0 Å². The van der Waals surface area contributed by atoms with Gasteiger partial charge in [0.05, 0.1) is 6.10 Å². The third-order valence-electron chi connectivity index (χ3n) is 2.05. The van der Waals surface area contributed by atoms with Crippen LogP contribution in [0.15, 0.2) is 0 Å². The van der Waals surface area contributed by atoms with E-state index in [-0.39, 0.29) is 12.4 Å². The number of hydrogen-bond donors (Lipinski definition) is 1. The molecular formula is C9H19NO3. The van der Waals surface area contributed by atoms with E-state index in [0.29, 0.717) is 13.2 Å². The van der Waals surface area contributed by atoms with Crippen LogP contribution in [-0.2, 0) is 9.47 Å². The molecule has 4 heteroatoms. The van der Waals surface area contributed by atoms with E-state index in [1.54, 1.807) is 0 Å². The van der Waals surface area contributed by atoms with Crippen molar-refractivity contribution in [1.29, 1.82) is 0 Å². The molecule has 1 rings (SSSR count). The molecule has 13 heavy (non-hydrogen) atoms. The van der Waals surface area contributed by atoms with Gasteiger partial charge in [0.15, 0.2) is 6.29 Å². The lowest BCUT2D eigenvalue weighted by Gasteiger charge is -2.37. The third kappa shape index (κ3) is 3.60. The largest absolute Gasteiger partial charge is 0.390 e. The molecule has 1 aliphatic heterocycles. The van der Waals surface area contributed by atoms with E-state index in [1.165, 1.54) is 0 Å². The summed E-state index contributed by atoms with van der Waals surface area (Å²) in [4.78, 5) is 2.13. The summed E-state index contributed by atoms with van der Waals surface area (Å²) in [6.07, 6.45) is -0.286. The first-order chi connectivity index (χ1) is 6.26. The molecule has 1 saturated heterocycles. The molecule has 0 aliphatic carbocycles. The quantitative estimate of drug-likeness (QED) is 0.600. The summed E-state index contributed by atoms with van der Waals surface area (Å²) >= 11 is 0. The summed E-state index contributed by atoms with van der Waals surface area (Å²) < 4.78 is 10.8. The zero-order valence-corrected chi connectivity index (χ0v) is 8.40. The number of hydrogen-bond acceptors (Lipinski definition) is 4. The lowest BCUT2D eigenvalue weighted by atomic mass is 10.2. The van der Waals surface area contributed by atoms with E-state index in [9.17, 15) is 0 Å². The van der Waals surface area contributed by atoms with Crippen molar-refractivity contribution in [1.82, 2.24) is 4.90 Å². The zero-order chi connectivity index (χ0) is 9.68. The predicted octanol–water partition coefficient (Wildman–Crippen LogP) is 0.0620. The highest BCUT2D eigenvalue weighted by Gasteiger charge is 2.26. The average molecular weight is 189 g/mol. The van der Waals surface area contributed by atoms with Crippen molar-refractivity contribution in [2.24, 2.45) is 0 Å². The molecule has 0 bridgehead atoms. The number of ether oxygens (including phenoxy) is 2. The minimum atomic E-state index is -0.149. The molecule has 78 valence electrons. The molecule has 0 aromatic carbocycles. The topological polar surface area (TPSA) is 41.9 Å². The number of aliphatic hydroxyl groups excluding tert-OH is 1. The molecule has 0 spiro atoms. The van der Waals surface area contributed by atoms with Crippen LogP contribution in [-0.4, -0.2) is 55.2 Å². The number of nitrogens with zero attached hydrogens (tertiary/aromatic N) is 1. The Morgan fingerprint density at radius 3 is 2.23 bits per heavy atom. The van der Waals surface area contributed by atoms with E-state index in [1.807, 2.05) is 13.8 Å². The highest BCUT2D eigenvalue weighted by Crippen LogP contribution is 2.09. The fraction of sp³-hybridized carbons (Fsp3) is 1.00. The highest BCUT2D eigenvalue weighted by molar-refractivity contribution is 4.79. The first-order valence-electron chi connectivity index (χ1n) is 4.89. The minimum absolute atomic E-state index is 0.137. The number of rotatable bonds is 6. The molecule has 0 saturated carbocycles. The normalized spacial score (nSPS) is 19.4. The summed E-state index contributed by atoms with van der Waals surface area (Å²) in [5, 5.41) is 9.07. The van der Waals surface area contributed by atoms with Gasteiger partial charge in [-0.05, 0) is 13.8 Å². The van der Waals surface area contributed by atoms with Gasteiger partial charge in [0.25, 0.3) is 0 Å². The molecular weight excluding hydrogens is 170 g/mol. The Bertz CT molecular complexity index is 131. The smallest absolute Gasteiger partial charge is 0.170 e. The van der Waals surface area contributed by atoms with Crippen LogP contribution in [0.3, 0.4) is 0 Å². The van der Waals surface area contributed by atoms with E-state index in [2.05, 4.69) is 4.90 Å². The van der Waals surface area contributed by atoms with Gasteiger partial charge in [0, 0.05) is 32.8 Å². The lowest BCUT2D eigenvalue weighted by Crippen LogP contribution is -2.53. The highest BCUT2D eigenvalue weighted by atomic mass is 16.7. The maximum atomic E-state index is 9.07. The molecule has 0 unspecified atom stereocenters. The standard InChI is InChI=1S/C9H19NO3/c1-3-12-9(13-4-2)7-10-5-8(11)6-10/h8-9,11H,3-7H2,1-2H3. The van der Waals surface area contributed by atoms with Crippen molar-refractivity contribution in [2.45, 2.75) is 26.2 Å². The minimum Gasteiger partial charge on any atom is -0.390 e. The monoisotopic (exact) mass is 189 g/mol. The van der Waals surface area contributed by atoms with Crippen LogP contribution in [0.4, 0.5) is 0 Å². The predicted molar refractivity (Wildman–Crippen MR) is 49.5 cm³/mol. The molecule has 0 aromatic heterocycles. The van der Waals surface area contributed by atoms with Crippen LogP contribution in [0, 0.1) is 0 Å². The fourth-order valence-corrected chi connectivity index (χ4v) is 1.43. The molecule has 0 aromatic rings. The van der Waals surface area contributed by atoms with Gasteiger partial charge in [-0.2, -0.15) is 0 Å². The Morgan fingerprint density at radius 2 is 1.85 bits per heavy atom. The SMILES string of the molecule is CCOC(CN1CC(O)C1)OCC.